The van der Waals surface area contributed by atoms with Crippen LogP contribution in [0.3, 0.4) is 0 Å². The standard InChI is InChI=1S/C11H14IN5O/c1-7(2)17-10(14-6-15-17)5-16-8(3)13-4-9(12)11(16)18/h4,6-7H,5H2,1-3H3. The third kappa shape index (κ3) is 2.45. The zero-order chi connectivity index (χ0) is 13.3. The van der Waals surface area contributed by atoms with Crippen molar-refractivity contribution in [2.24, 2.45) is 0 Å². The molecule has 0 saturated carbocycles. The van der Waals surface area contributed by atoms with Gasteiger partial charge in [0.25, 0.3) is 5.56 Å². The van der Waals surface area contributed by atoms with E-state index in [1.54, 1.807) is 10.8 Å². The Morgan fingerprint density at radius 3 is 2.78 bits per heavy atom. The van der Waals surface area contributed by atoms with Crippen LogP contribution >= 0.6 is 22.6 Å². The number of nitrogens with zero attached hydrogens (tertiary/aromatic N) is 5. The molecule has 7 heteroatoms. The van der Waals surface area contributed by atoms with Crippen LogP contribution in [0.15, 0.2) is 17.3 Å². The zero-order valence-corrected chi connectivity index (χ0v) is 12.6. The molecule has 0 aromatic carbocycles. The summed E-state index contributed by atoms with van der Waals surface area (Å²) < 4.78 is 4.03. The van der Waals surface area contributed by atoms with Crippen molar-refractivity contribution in [3.8, 4) is 0 Å². The molecular weight excluding hydrogens is 345 g/mol. The lowest BCUT2D eigenvalue weighted by Gasteiger charge is -2.12. The van der Waals surface area contributed by atoms with Gasteiger partial charge in [0.1, 0.15) is 18.0 Å². The van der Waals surface area contributed by atoms with Crippen molar-refractivity contribution in [3.05, 3.63) is 38.1 Å². The van der Waals surface area contributed by atoms with Gasteiger partial charge in [-0.2, -0.15) is 5.10 Å². The summed E-state index contributed by atoms with van der Waals surface area (Å²) in [4.78, 5) is 20.5. The maximum absolute atomic E-state index is 12.1. The summed E-state index contributed by atoms with van der Waals surface area (Å²) in [5, 5.41) is 4.16. The summed E-state index contributed by atoms with van der Waals surface area (Å²) in [6, 6.07) is 0.217. The van der Waals surface area contributed by atoms with Gasteiger partial charge in [-0.25, -0.2) is 14.6 Å². The van der Waals surface area contributed by atoms with E-state index in [-0.39, 0.29) is 11.6 Å². The van der Waals surface area contributed by atoms with Crippen LogP contribution in [-0.4, -0.2) is 24.3 Å². The van der Waals surface area contributed by atoms with Crippen LogP contribution in [-0.2, 0) is 6.54 Å². The van der Waals surface area contributed by atoms with Crippen LogP contribution in [0, 0.1) is 10.5 Å². The normalized spacial score (nSPS) is 11.2. The van der Waals surface area contributed by atoms with Crippen molar-refractivity contribution >= 4 is 22.6 Å². The maximum Gasteiger partial charge on any atom is 0.267 e. The second kappa shape index (κ2) is 5.17. The van der Waals surface area contributed by atoms with E-state index in [0.29, 0.717) is 15.9 Å². The van der Waals surface area contributed by atoms with Gasteiger partial charge in [0, 0.05) is 12.2 Å². The molecule has 0 aliphatic carbocycles. The lowest BCUT2D eigenvalue weighted by Crippen LogP contribution is -2.27. The lowest BCUT2D eigenvalue weighted by atomic mass is 10.4. The van der Waals surface area contributed by atoms with Crippen molar-refractivity contribution in [1.82, 2.24) is 24.3 Å². The third-order valence-corrected chi connectivity index (χ3v) is 3.38. The molecule has 0 atom stereocenters. The highest BCUT2D eigenvalue weighted by atomic mass is 127. The summed E-state index contributed by atoms with van der Waals surface area (Å²) in [6.07, 6.45) is 3.10. The van der Waals surface area contributed by atoms with E-state index < -0.39 is 0 Å². The summed E-state index contributed by atoms with van der Waals surface area (Å²) in [5.41, 5.74) is -0.0404. The summed E-state index contributed by atoms with van der Waals surface area (Å²) >= 11 is 1.99. The number of hydrogen-bond acceptors (Lipinski definition) is 4. The Kier molecular flexibility index (Phi) is 3.79. The minimum atomic E-state index is -0.0404. The molecule has 0 unspecified atom stereocenters. The van der Waals surface area contributed by atoms with Crippen LogP contribution < -0.4 is 5.56 Å². The number of hydrogen-bond donors (Lipinski definition) is 0. The van der Waals surface area contributed by atoms with Crippen LogP contribution in [0.4, 0.5) is 0 Å². The van der Waals surface area contributed by atoms with Crippen molar-refractivity contribution in [3.63, 3.8) is 0 Å². The van der Waals surface area contributed by atoms with E-state index in [1.807, 2.05) is 48.0 Å². The molecule has 0 aliphatic rings. The van der Waals surface area contributed by atoms with Gasteiger partial charge < -0.3 is 0 Å². The van der Waals surface area contributed by atoms with Crippen molar-refractivity contribution < 1.29 is 0 Å². The quantitative estimate of drug-likeness (QED) is 0.777. The lowest BCUT2D eigenvalue weighted by molar-refractivity contribution is 0.490. The molecule has 0 saturated heterocycles. The zero-order valence-electron chi connectivity index (χ0n) is 10.5. The van der Waals surface area contributed by atoms with Gasteiger partial charge >= 0.3 is 0 Å². The molecule has 0 N–H and O–H groups in total. The summed E-state index contributed by atoms with van der Waals surface area (Å²) in [7, 11) is 0. The molecule has 0 aliphatic heterocycles. The molecule has 0 spiro atoms. The third-order valence-electron chi connectivity index (χ3n) is 2.64. The highest BCUT2D eigenvalue weighted by Crippen LogP contribution is 2.07. The first kappa shape index (κ1) is 13.2. The van der Waals surface area contributed by atoms with Crippen LogP contribution in [0.1, 0.15) is 31.5 Å². The number of halogens is 1. The Hall–Kier alpha value is -1.25. The Morgan fingerprint density at radius 1 is 1.39 bits per heavy atom. The molecule has 96 valence electrons. The minimum Gasteiger partial charge on any atom is -0.288 e. The van der Waals surface area contributed by atoms with Gasteiger partial charge in [-0.15, -0.1) is 0 Å². The minimum absolute atomic E-state index is 0.0404. The molecule has 2 aromatic heterocycles. The highest BCUT2D eigenvalue weighted by Gasteiger charge is 2.12. The monoisotopic (exact) mass is 359 g/mol. The fraction of sp³-hybridized carbons (Fsp3) is 0.455. The van der Waals surface area contributed by atoms with Crippen LogP contribution in [0.25, 0.3) is 0 Å². The van der Waals surface area contributed by atoms with Gasteiger partial charge in [-0.1, -0.05) is 0 Å². The van der Waals surface area contributed by atoms with Gasteiger partial charge in [0.15, 0.2) is 0 Å². The second-order valence-electron chi connectivity index (χ2n) is 4.26. The first-order valence-corrected chi connectivity index (χ1v) is 6.69. The fourth-order valence-electron chi connectivity index (χ4n) is 1.70. The molecule has 2 rings (SSSR count). The van der Waals surface area contributed by atoms with E-state index in [4.69, 9.17) is 0 Å². The van der Waals surface area contributed by atoms with Gasteiger partial charge in [-0.3, -0.25) is 9.36 Å². The topological polar surface area (TPSA) is 65.6 Å². The number of aromatic nitrogens is 5. The smallest absolute Gasteiger partial charge is 0.267 e. The SMILES string of the molecule is Cc1ncc(I)c(=O)n1Cc1ncnn1C(C)C. The largest absolute Gasteiger partial charge is 0.288 e. The van der Waals surface area contributed by atoms with Gasteiger partial charge in [0.2, 0.25) is 0 Å². The number of aryl methyl sites for hydroxylation is 1. The number of rotatable bonds is 3. The maximum atomic E-state index is 12.1. The van der Waals surface area contributed by atoms with Crippen LogP contribution in [0.2, 0.25) is 0 Å². The molecule has 0 amide bonds. The second-order valence-corrected chi connectivity index (χ2v) is 5.42. The van der Waals surface area contributed by atoms with Gasteiger partial charge in [-0.05, 0) is 43.4 Å². The van der Waals surface area contributed by atoms with Crippen molar-refractivity contribution in [2.45, 2.75) is 33.4 Å². The van der Waals surface area contributed by atoms with Gasteiger partial charge in [0.05, 0.1) is 10.1 Å². The van der Waals surface area contributed by atoms with E-state index in [1.165, 1.54) is 6.33 Å². The Balaban J connectivity index is 2.43. The first-order chi connectivity index (χ1) is 8.50. The molecule has 18 heavy (non-hydrogen) atoms. The Morgan fingerprint density at radius 2 is 2.11 bits per heavy atom. The van der Waals surface area contributed by atoms with Crippen molar-refractivity contribution in [2.75, 3.05) is 0 Å². The highest BCUT2D eigenvalue weighted by molar-refractivity contribution is 14.1. The molecule has 2 heterocycles. The molecule has 0 fully saturated rings. The fourth-order valence-corrected chi connectivity index (χ4v) is 2.13. The van der Waals surface area contributed by atoms with Crippen molar-refractivity contribution in [1.29, 1.82) is 0 Å². The Labute approximate surface area is 118 Å². The predicted octanol–water partition coefficient (Wildman–Crippen LogP) is 1.38. The molecule has 6 nitrogen and oxygen atoms in total. The average molecular weight is 359 g/mol. The van der Waals surface area contributed by atoms with E-state index in [9.17, 15) is 4.79 Å². The van der Waals surface area contributed by atoms with E-state index in [0.717, 1.165) is 5.82 Å². The summed E-state index contributed by atoms with van der Waals surface area (Å²) in [5.74, 6) is 1.44. The summed E-state index contributed by atoms with van der Waals surface area (Å²) in [6.45, 7) is 6.27. The molecule has 2 aromatic rings. The molecular formula is C11H14IN5O. The molecule has 0 radical (unpaired) electrons. The van der Waals surface area contributed by atoms with E-state index in [2.05, 4.69) is 15.1 Å². The van der Waals surface area contributed by atoms with Crippen LogP contribution in [0.5, 0.6) is 0 Å². The first-order valence-electron chi connectivity index (χ1n) is 5.61. The Bertz CT molecular complexity index is 616. The van der Waals surface area contributed by atoms with E-state index >= 15 is 0 Å². The molecule has 0 bridgehead atoms. The predicted molar refractivity (Wildman–Crippen MR) is 75.5 cm³/mol. The average Bonchev–Trinajstić information content (AvgIpc) is 2.78.